The lowest BCUT2D eigenvalue weighted by Crippen LogP contribution is -2.20. The van der Waals surface area contributed by atoms with Crippen LogP contribution in [0.3, 0.4) is 0 Å². The van der Waals surface area contributed by atoms with E-state index >= 15 is 0 Å². The maximum absolute atomic E-state index is 13.2. The molecule has 17 heavy (non-hydrogen) atoms. The molecule has 3 N–H and O–H groups in total. The monoisotopic (exact) mass is 237 g/mol. The summed E-state index contributed by atoms with van der Waals surface area (Å²) in [5.41, 5.74) is 7.23. The fourth-order valence-electron chi connectivity index (χ4n) is 1.94. The molecule has 0 bridgehead atoms. The van der Waals surface area contributed by atoms with Crippen molar-refractivity contribution in [2.45, 2.75) is 25.9 Å². The van der Waals surface area contributed by atoms with E-state index in [2.05, 4.69) is 4.98 Å². The van der Waals surface area contributed by atoms with Gasteiger partial charge in [-0.1, -0.05) is 6.92 Å². The summed E-state index contributed by atoms with van der Waals surface area (Å²) in [6, 6.07) is 3.92. The fourth-order valence-corrected chi connectivity index (χ4v) is 1.94. The second kappa shape index (κ2) is 4.81. The molecule has 1 unspecified atom stereocenters. The van der Waals surface area contributed by atoms with Gasteiger partial charge in [0.25, 0.3) is 0 Å². The Labute approximate surface area is 98.9 Å². The minimum absolute atomic E-state index is 0.171. The number of aromatic nitrogens is 2. The standard InChI is InChI=1S/C12H16FN3O/c1-2-5-16-11-6-8(13)3-4-10(11)15-12(16)9(14)7-17/h3-4,6,9,17H,2,5,7,14H2,1H3. The molecule has 5 heteroatoms. The highest BCUT2D eigenvalue weighted by Crippen LogP contribution is 2.21. The van der Waals surface area contributed by atoms with Gasteiger partial charge in [-0.25, -0.2) is 9.37 Å². The largest absolute Gasteiger partial charge is 0.394 e. The molecule has 0 aliphatic heterocycles. The number of nitrogens with zero attached hydrogens (tertiary/aromatic N) is 2. The molecule has 4 nitrogen and oxygen atoms in total. The molecular formula is C12H16FN3O. The molecule has 0 fully saturated rings. The van der Waals surface area contributed by atoms with Gasteiger partial charge in [-0.15, -0.1) is 0 Å². The first-order valence-corrected chi connectivity index (χ1v) is 5.69. The van der Waals surface area contributed by atoms with E-state index in [1.165, 1.54) is 12.1 Å². The number of aliphatic hydroxyl groups excluding tert-OH is 1. The van der Waals surface area contributed by atoms with Crippen LogP contribution >= 0.6 is 0 Å². The second-order valence-corrected chi connectivity index (χ2v) is 4.04. The number of imidazole rings is 1. The summed E-state index contributed by atoms with van der Waals surface area (Å²) in [5, 5.41) is 9.11. The van der Waals surface area contributed by atoms with E-state index in [0.717, 1.165) is 11.9 Å². The zero-order valence-electron chi connectivity index (χ0n) is 9.73. The predicted molar refractivity (Wildman–Crippen MR) is 64.0 cm³/mol. The van der Waals surface area contributed by atoms with Gasteiger partial charge < -0.3 is 15.4 Å². The maximum Gasteiger partial charge on any atom is 0.129 e. The molecule has 2 rings (SSSR count). The van der Waals surface area contributed by atoms with Crippen molar-refractivity contribution in [2.24, 2.45) is 5.73 Å². The predicted octanol–water partition coefficient (Wildman–Crippen LogP) is 1.58. The van der Waals surface area contributed by atoms with Crippen LogP contribution in [0.15, 0.2) is 18.2 Å². The third kappa shape index (κ3) is 2.16. The van der Waals surface area contributed by atoms with Crippen molar-refractivity contribution in [3.8, 4) is 0 Å². The Morgan fingerprint density at radius 1 is 1.53 bits per heavy atom. The smallest absolute Gasteiger partial charge is 0.129 e. The Morgan fingerprint density at radius 3 is 2.94 bits per heavy atom. The molecule has 1 aromatic carbocycles. The average molecular weight is 237 g/mol. The minimum atomic E-state index is -0.531. The molecule has 0 saturated heterocycles. The van der Waals surface area contributed by atoms with Crippen LogP contribution < -0.4 is 5.73 Å². The number of rotatable bonds is 4. The molecule has 1 heterocycles. The van der Waals surface area contributed by atoms with Crippen LogP contribution in [0.2, 0.25) is 0 Å². The summed E-state index contributed by atoms with van der Waals surface area (Å²) in [6.07, 6.45) is 0.896. The zero-order valence-corrected chi connectivity index (χ0v) is 9.73. The quantitative estimate of drug-likeness (QED) is 0.848. The van der Waals surface area contributed by atoms with Crippen molar-refractivity contribution in [2.75, 3.05) is 6.61 Å². The SMILES string of the molecule is CCCn1c(C(N)CO)nc2ccc(F)cc21. The van der Waals surface area contributed by atoms with E-state index in [1.807, 2.05) is 11.5 Å². The first-order chi connectivity index (χ1) is 8.17. The lowest BCUT2D eigenvalue weighted by Gasteiger charge is -2.11. The van der Waals surface area contributed by atoms with Crippen molar-refractivity contribution < 1.29 is 9.50 Å². The summed E-state index contributed by atoms with van der Waals surface area (Å²) >= 11 is 0. The number of hydrogen-bond acceptors (Lipinski definition) is 3. The van der Waals surface area contributed by atoms with Crippen molar-refractivity contribution in [3.05, 3.63) is 29.8 Å². The van der Waals surface area contributed by atoms with Crippen molar-refractivity contribution >= 4 is 11.0 Å². The molecular weight excluding hydrogens is 221 g/mol. The van der Waals surface area contributed by atoms with Crippen LogP contribution in [-0.4, -0.2) is 21.3 Å². The van der Waals surface area contributed by atoms with Crippen molar-refractivity contribution in [1.29, 1.82) is 0 Å². The number of aryl methyl sites for hydroxylation is 1. The van der Waals surface area contributed by atoms with Crippen LogP contribution in [-0.2, 0) is 6.54 Å². The van der Waals surface area contributed by atoms with E-state index in [-0.39, 0.29) is 12.4 Å². The summed E-state index contributed by atoms with van der Waals surface area (Å²) in [7, 11) is 0. The summed E-state index contributed by atoms with van der Waals surface area (Å²) in [6.45, 7) is 2.57. The first-order valence-electron chi connectivity index (χ1n) is 5.69. The normalized spacial score (nSPS) is 13.2. The van der Waals surface area contributed by atoms with Gasteiger partial charge in [0.1, 0.15) is 11.6 Å². The number of aliphatic hydroxyl groups is 1. The van der Waals surface area contributed by atoms with Gasteiger partial charge in [-0.3, -0.25) is 0 Å². The molecule has 0 amide bonds. The fraction of sp³-hybridized carbons (Fsp3) is 0.417. The van der Waals surface area contributed by atoms with Crippen LogP contribution in [0.1, 0.15) is 25.2 Å². The number of fused-ring (bicyclic) bond motifs is 1. The van der Waals surface area contributed by atoms with E-state index in [0.29, 0.717) is 17.9 Å². The average Bonchev–Trinajstić information content (AvgIpc) is 2.67. The van der Waals surface area contributed by atoms with Gasteiger partial charge in [-0.2, -0.15) is 0 Å². The highest BCUT2D eigenvalue weighted by atomic mass is 19.1. The molecule has 1 atom stereocenters. The third-order valence-corrected chi connectivity index (χ3v) is 2.72. The van der Waals surface area contributed by atoms with Gasteiger partial charge in [0, 0.05) is 6.54 Å². The topological polar surface area (TPSA) is 64.1 Å². The van der Waals surface area contributed by atoms with Crippen LogP contribution in [0.5, 0.6) is 0 Å². The zero-order chi connectivity index (χ0) is 12.4. The molecule has 92 valence electrons. The molecule has 0 aliphatic rings. The molecule has 0 aliphatic carbocycles. The lowest BCUT2D eigenvalue weighted by atomic mass is 10.3. The van der Waals surface area contributed by atoms with Crippen LogP contribution in [0.25, 0.3) is 11.0 Å². The van der Waals surface area contributed by atoms with E-state index in [4.69, 9.17) is 10.8 Å². The number of hydrogen-bond donors (Lipinski definition) is 2. The van der Waals surface area contributed by atoms with Crippen LogP contribution in [0.4, 0.5) is 4.39 Å². The minimum Gasteiger partial charge on any atom is -0.394 e. The third-order valence-electron chi connectivity index (χ3n) is 2.72. The molecule has 1 aromatic heterocycles. The van der Waals surface area contributed by atoms with E-state index in [1.54, 1.807) is 6.07 Å². The molecule has 2 aromatic rings. The highest BCUT2D eigenvalue weighted by Gasteiger charge is 2.16. The van der Waals surface area contributed by atoms with Crippen LogP contribution in [0, 0.1) is 5.82 Å². The summed E-state index contributed by atoms with van der Waals surface area (Å²) < 4.78 is 15.1. The van der Waals surface area contributed by atoms with Gasteiger partial charge in [0.2, 0.25) is 0 Å². The Kier molecular flexibility index (Phi) is 3.40. The van der Waals surface area contributed by atoms with Crippen molar-refractivity contribution in [1.82, 2.24) is 9.55 Å². The highest BCUT2D eigenvalue weighted by molar-refractivity contribution is 5.76. The van der Waals surface area contributed by atoms with E-state index < -0.39 is 6.04 Å². The van der Waals surface area contributed by atoms with Crippen molar-refractivity contribution in [3.63, 3.8) is 0 Å². The van der Waals surface area contributed by atoms with Gasteiger partial charge in [0.15, 0.2) is 0 Å². The molecule has 0 spiro atoms. The maximum atomic E-state index is 13.2. The Morgan fingerprint density at radius 2 is 2.29 bits per heavy atom. The molecule has 0 radical (unpaired) electrons. The van der Waals surface area contributed by atoms with Gasteiger partial charge >= 0.3 is 0 Å². The Bertz CT molecular complexity index is 524. The molecule has 0 saturated carbocycles. The summed E-state index contributed by atoms with van der Waals surface area (Å²) in [5.74, 6) is 0.314. The Balaban J connectivity index is 2.62. The number of benzene rings is 1. The first kappa shape index (κ1) is 12.0. The second-order valence-electron chi connectivity index (χ2n) is 4.04. The van der Waals surface area contributed by atoms with Gasteiger partial charge in [0.05, 0.1) is 23.7 Å². The summed E-state index contributed by atoms with van der Waals surface area (Å²) in [4.78, 5) is 4.35. The van der Waals surface area contributed by atoms with E-state index in [9.17, 15) is 4.39 Å². The number of nitrogens with two attached hydrogens (primary N) is 1. The lowest BCUT2D eigenvalue weighted by molar-refractivity contribution is 0.261. The van der Waals surface area contributed by atoms with Gasteiger partial charge in [-0.05, 0) is 24.6 Å². The number of halogens is 1. The Hall–Kier alpha value is -1.46.